The molecule has 1 rings (SSSR count). The molecule has 9 heavy (non-hydrogen) atoms. The van der Waals surface area contributed by atoms with E-state index in [9.17, 15) is 0 Å². The Hall–Kier alpha value is -0.390. The minimum absolute atomic E-state index is 0.426. The maximum absolute atomic E-state index is 5.43. The van der Waals surface area contributed by atoms with Gasteiger partial charge in [0.25, 0.3) is 0 Å². The predicted octanol–water partition coefficient (Wildman–Crippen LogP) is 1.17. The molecule has 0 aliphatic rings. The molecule has 1 atom stereocenters. The molecule has 0 aromatic heterocycles. The van der Waals surface area contributed by atoms with Crippen LogP contribution in [0.15, 0.2) is 24.3 Å². The van der Waals surface area contributed by atoms with Gasteiger partial charge in [0, 0.05) is 0 Å². The summed E-state index contributed by atoms with van der Waals surface area (Å²) >= 11 is 0. The third-order valence-corrected chi connectivity index (χ3v) is 1.88. The molecular weight excluding hydrogens is 129 g/mol. The highest BCUT2D eigenvalue weighted by Gasteiger charge is 1.85. The van der Waals surface area contributed by atoms with E-state index in [1.807, 2.05) is 0 Å². The summed E-state index contributed by atoms with van der Waals surface area (Å²) in [5, 5.41) is 1.22. The van der Waals surface area contributed by atoms with Gasteiger partial charge in [-0.05, 0) is 21.0 Å². The highest BCUT2D eigenvalue weighted by atomic mass is 31.1. The van der Waals surface area contributed by atoms with E-state index >= 15 is 0 Å². The van der Waals surface area contributed by atoms with Crippen LogP contribution in [0, 0.1) is 6.92 Å². The molecule has 0 spiro atoms. The first-order valence-electron chi connectivity index (χ1n) is 2.86. The zero-order chi connectivity index (χ0) is 6.69. The van der Waals surface area contributed by atoms with Gasteiger partial charge < -0.3 is 5.50 Å². The van der Waals surface area contributed by atoms with Crippen molar-refractivity contribution in [3.63, 3.8) is 0 Å². The van der Waals surface area contributed by atoms with Gasteiger partial charge in [-0.1, -0.05) is 29.8 Å². The topological polar surface area (TPSA) is 26.0 Å². The molecule has 0 amide bonds. The molecule has 0 bridgehead atoms. The van der Waals surface area contributed by atoms with Crippen LogP contribution in [0.3, 0.4) is 0 Å². The highest BCUT2D eigenvalue weighted by molar-refractivity contribution is 7.44. The first kappa shape index (κ1) is 6.73. The molecule has 0 saturated heterocycles. The molecule has 0 fully saturated rings. The Morgan fingerprint density at radius 1 is 1.22 bits per heavy atom. The quantitative estimate of drug-likeness (QED) is 0.581. The summed E-state index contributed by atoms with van der Waals surface area (Å²) in [5.74, 6) is 0. The van der Waals surface area contributed by atoms with Crippen LogP contribution < -0.4 is 10.8 Å². The number of nitrogens with two attached hydrogens (primary N) is 1. The van der Waals surface area contributed by atoms with Crippen molar-refractivity contribution in [1.82, 2.24) is 0 Å². The number of hydrogen-bond acceptors (Lipinski definition) is 1. The maximum atomic E-state index is 5.43. The minimum atomic E-state index is 0.426. The van der Waals surface area contributed by atoms with Gasteiger partial charge in [0.1, 0.15) is 0 Å². The standard InChI is InChI=1S/C7H10NP/c1-6-2-4-7(9-8)5-3-6/h2-5,9H,8H2,1H3. The second kappa shape index (κ2) is 2.95. The number of aryl methyl sites for hydroxylation is 1. The SMILES string of the molecule is Cc1ccc(PN)cc1. The summed E-state index contributed by atoms with van der Waals surface area (Å²) < 4.78 is 0. The lowest BCUT2D eigenvalue weighted by molar-refractivity contribution is 1.49. The van der Waals surface area contributed by atoms with Crippen LogP contribution in [0.2, 0.25) is 0 Å². The molecule has 0 heterocycles. The fraction of sp³-hybridized carbons (Fsp3) is 0.143. The summed E-state index contributed by atoms with van der Waals surface area (Å²) in [4.78, 5) is 0. The van der Waals surface area contributed by atoms with Gasteiger partial charge in [-0.25, -0.2) is 0 Å². The van der Waals surface area contributed by atoms with Crippen molar-refractivity contribution >= 4 is 14.0 Å². The molecule has 0 aliphatic heterocycles. The van der Waals surface area contributed by atoms with E-state index in [-0.39, 0.29) is 0 Å². The van der Waals surface area contributed by atoms with Gasteiger partial charge in [0.15, 0.2) is 0 Å². The summed E-state index contributed by atoms with van der Waals surface area (Å²) in [6, 6.07) is 8.28. The van der Waals surface area contributed by atoms with E-state index in [2.05, 4.69) is 31.2 Å². The van der Waals surface area contributed by atoms with Gasteiger partial charge in [-0.3, -0.25) is 0 Å². The minimum Gasteiger partial charge on any atom is -0.308 e. The van der Waals surface area contributed by atoms with Crippen LogP contribution in [0.1, 0.15) is 5.56 Å². The molecule has 1 aromatic carbocycles. The molecule has 1 aromatic rings. The first-order chi connectivity index (χ1) is 4.33. The third-order valence-electron chi connectivity index (χ3n) is 1.22. The van der Waals surface area contributed by atoms with Gasteiger partial charge in [0.05, 0.1) is 0 Å². The Kier molecular flexibility index (Phi) is 2.21. The summed E-state index contributed by atoms with van der Waals surface area (Å²) in [6.45, 7) is 2.07. The van der Waals surface area contributed by atoms with E-state index in [1.54, 1.807) is 0 Å². The lowest BCUT2D eigenvalue weighted by atomic mass is 10.2. The van der Waals surface area contributed by atoms with E-state index in [1.165, 1.54) is 10.9 Å². The van der Waals surface area contributed by atoms with Crippen molar-refractivity contribution in [3.8, 4) is 0 Å². The zero-order valence-electron chi connectivity index (χ0n) is 5.39. The molecule has 0 aliphatic carbocycles. The zero-order valence-corrected chi connectivity index (χ0v) is 6.39. The largest absolute Gasteiger partial charge is 0.308 e. The Labute approximate surface area is 57.1 Å². The van der Waals surface area contributed by atoms with Crippen LogP contribution in [0.4, 0.5) is 0 Å². The molecule has 0 radical (unpaired) electrons. The van der Waals surface area contributed by atoms with E-state index in [0.717, 1.165) is 0 Å². The third kappa shape index (κ3) is 1.78. The van der Waals surface area contributed by atoms with Gasteiger partial charge >= 0.3 is 0 Å². The van der Waals surface area contributed by atoms with E-state index < -0.39 is 0 Å². The van der Waals surface area contributed by atoms with Crippen LogP contribution in [0.5, 0.6) is 0 Å². The van der Waals surface area contributed by atoms with Crippen LogP contribution in [0.25, 0.3) is 0 Å². The molecular formula is C7H10NP. The fourth-order valence-electron chi connectivity index (χ4n) is 0.650. The summed E-state index contributed by atoms with van der Waals surface area (Å²) in [7, 11) is 0.426. The fourth-order valence-corrected chi connectivity index (χ4v) is 1.01. The van der Waals surface area contributed by atoms with E-state index in [4.69, 9.17) is 5.50 Å². The Morgan fingerprint density at radius 3 is 2.22 bits per heavy atom. The normalized spacial score (nSPS) is 10.9. The monoisotopic (exact) mass is 139 g/mol. The van der Waals surface area contributed by atoms with Crippen molar-refractivity contribution in [2.24, 2.45) is 5.50 Å². The average Bonchev–Trinajstić information content (AvgIpc) is 1.90. The molecule has 48 valence electrons. The Morgan fingerprint density at radius 2 is 1.78 bits per heavy atom. The molecule has 1 unspecified atom stereocenters. The van der Waals surface area contributed by atoms with E-state index in [0.29, 0.717) is 8.73 Å². The van der Waals surface area contributed by atoms with Gasteiger partial charge in [0.2, 0.25) is 0 Å². The second-order valence-electron chi connectivity index (χ2n) is 2.01. The van der Waals surface area contributed by atoms with Crippen molar-refractivity contribution in [1.29, 1.82) is 0 Å². The van der Waals surface area contributed by atoms with Crippen molar-refractivity contribution in [2.75, 3.05) is 0 Å². The van der Waals surface area contributed by atoms with Crippen LogP contribution in [-0.2, 0) is 0 Å². The lowest BCUT2D eigenvalue weighted by Gasteiger charge is -1.94. The van der Waals surface area contributed by atoms with Gasteiger partial charge in [-0.2, -0.15) is 0 Å². The Bertz CT molecular complexity index is 181. The second-order valence-corrected chi connectivity index (χ2v) is 2.88. The van der Waals surface area contributed by atoms with Crippen LogP contribution >= 0.6 is 8.73 Å². The average molecular weight is 139 g/mol. The lowest BCUT2D eigenvalue weighted by Crippen LogP contribution is -1.95. The first-order valence-corrected chi connectivity index (χ1v) is 3.94. The number of rotatable bonds is 1. The summed E-state index contributed by atoms with van der Waals surface area (Å²) in [6.07, 6.45) is 0. The molecule has 2 N–H and O–H groups in total. The Balaban J connectivity index is 2.88. The number of benzene rings is 1. The highest BCUT2D eigenvalue weighted by Crippen LogP contribution is 2.00. The smallest absolute Gasteiger partial charge is 0.0127 e. The van der Waals surface area contributed by atoms with Gasteiger partial charge in [-0.15, -0.1) is 0 Å². The molecule has 1 nitrogen and oxygen atoms in total. The molecule has 2 heteroatoms. The maximum Gasteiger partial charge on any atom is -0.0127 e. The molecule has 0 saturated carbocycles. The summed E-state index contributed by atoms with van der Waals surface area (Å²) in [5.41, 5.74) is 6.72. The van der Waals surface area contributed by atoms with Crippen LogP contribution in [-0.4, -0.2) is 0 Å². The van der Waals surface area contributed by atoms with Crippen molar-refractivity contribution in [3.05, 3.63) is 29.8 Å². The number of hydrogen-bond donors (Lipinski definition) is 1. The predicted molar refractivity (Wildman–Crippen MR) is 43.3 cm³/mol. The van der Waals surface area contributed by atoms with Crippen molar-refractivity contribution in [2.45, 2.75) is 6.92 Å². The van der Waals surface area contributed by atoms with Crippen molar-refractivity contribution < 1.29 is 0 Å².